The monoisotopic (exact) mass is 440 g/mol. The second-order valence-electron chi connectivity index (χ2n) is 8.02. The van der Waals surface area contributed by atoms with Gasteiger partial charge in [0.25, 0.3) is 0 Å². The van der Waals surface area contributed by atoms with Gasteiger partial charge in [0.15, 0.2) is 5.82 Å². The number of aromatic nitrogens is 4. The molecular weight excluding hydrogens is 416 g/mol. The van der Waals surface area contributed by atoms with Gasteiger partial charge in [-0.2, -0.15) is 4.98 Å². The van der Waals surface area contributed by atoms with Gasteiger partial charge < -0.3 is 24.8 Å². The molecule has 0 aromatic carbocycles. The lowest BCUT2D eigenvalue weighted by Crippen LogP contribution is -2.54. The number of nitrogens with zero attached hydrogens (tertiary/aromatic N) is 6. The van der Waals surface area contributed by atoms with E-state index in [1.807, 2.05) is 46.8 Å². The first-order valence-corrected chi connectivity index (χ1v) is 10.9. The van der Waals surface area contributed by atoms with E-state index in [4.69, 9.17) is 11.6 Å². The maximum Gasteiger partial charge on any atom is 0.227 e. The predicted molar refractivity (Wildman–Crippen MR) is 120 cm³/mol. The minimum absolute atomic E-state index is 0.0298. The summed E-state index contributed by atoms with van der Waals surface area (Å²) in [6.45, 7) is 6.72. The van der Waals surface area contributed by atoms with Crippen molar-refractivity contribution < 1.29 is 4.79 Å². The van der Waals surface area contributed by atoms with Crippen molar-refractivity contribution in [2.75, 3.05) is 49.1 Å². The van der Waals surface area contributed by atoms with E-state index in [0.717, 1.165) is 37.5 Å². The minimum Gasteiger partial charge on any atom is -0.353 e. The minimum atomic E-state index is -0.138. The zero-order chi connectivity index (χ0) is 21.4. The Bertz CT molecular complexity index is 1090. The molecule has 2 fully saturated rings. The molecule has 0 radical (unpaired) electrons. The summed E-state index contributed by atoms with van der Waals surface area (Å²) in [5.41, 5.74) is 1.83. The van der Waals surface area contributed by atoms with Crippen molar-refractivity contribution in [3.8, 4) is 0 Å². The fourth-order valence-electron chi connectivity index (χ4n) is 4.08. The van der Waals surface area contributed by atoms with Crippen LogP contribution in [0.25, 0.3) is 5.65 Å². The summed E-state index contributed by atoms with van der Waals surface area (Å²) in [6, 6.07) is 5.71. The second-order valence-corrected chi connectivity index (χ2v) is 8.43. The number of carbonyl (C=O) groups is 1. The third kappa shape index (κ3) is 3.90. The van der Waals surface area contributed by atoms with Gasteiger partial charge in [-0.3, -0.25) is 4.79 Å². The van der Waals surface area contributed by atoms with E-state index in [2.05, 4.69) is 30.5 Å². The average molecular weight is 441 g/mol. The van der Waals surface area contributed by atoms with Crippen LogP contribution in [0.1, 0.15) is 18.7 Å². The largest absolute Gasteiger partial charge is 0.353 e. The molecule has 31 heavy (non-hydrogen) atoms. The van der Waals surface area contributed by atoms with E-state index in [0.29, 0.717) is 29.9 Å². The van der Waals surface area contributed by atoms with Gasteiger partial charge in [0.1, 0.15) is 10.7 Å². The topological polar surface area (TPSA) is 90.7 Å². The van der Waals surface area contributed by atoms with Gasteiger partial charge in [0.05, 0.1) is 30.0 Å². The van der Waals surface area contributed by atoms with Gasteiger partial charge in [-0.15, -0.1) is 0 Å². The van der Waals surface area contributed by atoms with Crippen molar-refractivity contribution in [2.24, 2.45) is 5.92 Å². The summed E-state index contributed by atoms with van der Waals surface area (Å²) in [4.78, 5) is 30.5. The molecule has 2 aliphatic rings. The summed E-state index contributed by atoms with van der Waals surface area (Å²) in [5.74, 6) is 1.32. The van der Waals surface area contributed by atoms with Crippen LogP contribution in [-0.4, -0.2) is 64.5 Å². The van der Waals surface area contributed by atoms with Crippen molar-refractivity contribution in [3.05, 3.63) is 47.5 Å². The quantitative estimate of drug-likeness (QED) is 0.621. The molecule has 3 aromatic heterocycles. The maximum atomic E-state index is 12.8. The number of rotatable bonds is 5. The third-order valence-corrected chi connectivity index (χ3v) is 6.18. The van der Waals surface area contributed by atoms with Crippen LogP contribution in [0.4, 0.5) is 11.8 Å². The Morgan fingerprint density at radius 2 is 2.00 bits per heavy atom. The first-order valence-electron chi connectivity index (χ1n) is 10.6. The summed E-state index contributed by atoms with van der Waals surface area (Å²) in [6.07, 6.45) is 5.42. The number of hydrogen-bond acceptors (Lipinski definition) is 7. The lowest BCUT2D eigenvalue weighted by molar-refractivity contribution is -0.126. The molecular formula is C21H25ClN8O. The molecule has 1 unspecified atom stereocenters. The van der Waals surface area contributed by atoms with E-state index in [-0.39, 0.29) is 17.9 Å². The highest BCUT2D eigenvalue weighted by Gasteiger charge is 2.35. The van der Waals surface area contributed by atoms with Gasteiger partial charge >= 0.3 is 0 Å². The summed E-state index contributed by atoms with van der Waals surface area (Å²) < 4.78 is 2.00. The Kier molecular flexibility index (Phi) is 5.37. The molecule has 9 nitrogen and oxygen atoms in total. The van der Waals surface area contributed by atoms with Gasteiger partial charge in [-0.25, -0.2) is 9.97 Å². The number of nitrogens with one attached hydrogen (secondary N) is 2. The molecule has 5 heterocycles. The Labute approximate surface area is 185 Å². The van der Waals surface area contributed by atoms with Gasteiger partial charge in [-0.1, -0.05) is 17.7 Å². The zero-order valence-corrected chi connectivity index (χ0v) is 18.1. The van der Waals surface area contributed by atoms with E-state index in [1.54, 1.807) is 6.20 Å². The van der Waals surface area contributed by atoms with Crippen LogP contribution in [0.15, 0.2) is 36.8 Å². The normalized spacial score (nSPS) is 18.1. The average Bonchev–Trinajstić information content (AvgIpc) is 3.19. The number of amides is 1. The summed E-state index contributed by atoms with van der Waals surface area (Å²) in [7, 11) is 0. The Morgan fingerprint density at radius 1 is 1.19 bits per heavy atom. The zero-order valence-electron chi connectivity index (χ0n) is 17.3. The van der Waals surface area contributed by atoms with E-state index < -0.39 is 0 Å². The van der Waals surface area contributed by atoms with Crippen molar-refractivity contribution in [1.82, 2.24) is 30.0 Å². The van der Waals surface area contributed by atoms with Gasteiger partial charge in [-0.05, 0) is 19.1 Å². The fourth-order valence-corrected chi connectivity index (χ4v) is 4.29. The van der Waals surface area contributed by atoms with Crippen LogP contribution in [0.3, 0.4) is 0 Å². The van der Waals surface area contributed by atoms with Crippen LogP contribution in [0.2, 0.25) is 5.02 Å². The van der Waals surface area contributed by atoms with Crippen LogP contribution in [0, 0.1) is 5.92 Å². The van der Waals surface area contributed by atoms with Crippen molar-refractivity contribution >= 4 is 34.9 Å². The van der Waals surface area contributed by atoms with Crippen LogP contribution in [0.5, 0.6) is 0 Å². The molecule has 10 heteroatoms. The van der Waals surface area contributed by atoms with Crippen LogP contribution < -0.4 is 20.4 Å². The van der Waals surface area contributed by atoms with Crippen LogP contribution >= 0.6 is 11.6 Å². The number of piperazine rings is 1. The molecule has 1 amide bonds. The van der Waals surface area contributed by atoms with Gasteiger partial charge in [0.2, 0.25) is 11.9 Å². The first kappa shape index (κ1) is 20.0. The molecule has 0 spiro atoms. The Balaban J connectivity index is 1.22. The molecule has 1 atom stereocenters. The van der Waals surface area contributed by atoms with E-state index >= 15 is 0 Å². The number of hydrogen-bond donors (Lipinski definition) is 2. The Hall–Kier alpha value is -2.91. The molecule has 162 valence electrons. The molecule has 2 N–H and O–H groups in total. The third-order valence-electron chi connectivity index (χ3n) is 5.91. The molecule has 0 bridgehead atoms. The maximum absolute atomic E-state index is 12.8. The first-order chi connectivity index (χ1) is 15.1. The summed E-state index contributed by atoms with van der Waals surface area (Å²) >= 11 is 6.37. The molecule has 3 aromatic rings. The highest BCUT2D eigenvalue weighted by Crippen LogP contribution is 2.31. The highest BCUT2D eigenvalue weighted by molar-refractivity contribution is 6.32. The van der Waals surface area contributed by atoms with Gasteiger partial charge in [0, 0.05) is 45.5 Å². The van der Waals surface area contributed by atoms with Crippen LogP contribution in [-0.2, 0) is 4.79 Å². The molecule has 5 rings (SSSR count). The smallest absolute Gasteiger partial charge is 0.227 e. The number of anilines is 2. The number of pyridine rings is 1. The highest BCUT2D eigenvalue weighted by atomic mass is 35.5. The predicted octanol–water partition coefficient (Wildman–Crippen LogP) is 1.50. The number of carbonyl (C=O) groups excluding carboxylic acids is 1. The number of halogens is 1. The molecule has 2 saturated heterocycles. The lowest BCUT2D eigenvalue weighted by atomic mass is 9.98. The lowest BCUT2D eigenvalue weighted by Gasteiger charge is -2.40. The molecule has 2 aliphatic heterocycles. The van der Waals surface area contributed by atoms with E-state index in [9.17, 15) is 4.79 Å². The standard InChI is InChI=1S/C21H25ClN8O/c1-14(17-11-24-18-4-2-3-7-30(17)18)26-20(31)15-12-29(13-15)19-16(22)10-25-21(27-19)28-8-5-23-6-9-28/h2-4,7,10-11,14-15,23H,5-6,8-9,12-13H2,1H3,(H,26,31). The molecule has 0 aliphatic carbocycles. The summed E-state index contributed by atoms with van der Waals surface area (Å²) in [5, 5.41) is 6.96. The van der Waals surface area contributed by atoms with E-state index in [1.165, 1.54) is 0 Å². The van der Waals surface area contributed by atoms with Crippen molar-refractivity contribution in [2.45, 2.75) is 13.0 Å². The van der Waals surface area contributed by atoms with Crippen molar-refractivity contribution in [1.29, 1.82) is 0 Å². The fraction of sp³-hybridized carbons (Fsp3) is 0.429. The SMILES string of the molecule is CC(NC(=O)C1CN(c2nc(N3CCNCC3)ncc2Cl)C1)c1cnc2ccccn12. The Morgan fingerprint density at radius 3 is 2.81 bits per heavy atom. The van der Waals surface area contributed by atoms with Crippen molar-refractivity contribution in [3.63, 3.8) is 0 Å². The second kappa shape index (κ2) is 8.32. The molecule has 0 saturated carbocycles. The number of fused-ring (bicyclic) bond motifs is 1. The number of imidazole rings is 1.